The summed E-state index contributed by atoms with van der Waals surface area (Å²) in [6.07, 6.45) is 7.61. The van der Waals surface area contributed by atoms with Crippen LogP contribution in [-0.4, -0.2) is 62.1 Å². The van der Waals surface area contributed by atoms with Crippen LogP contribution in [0.4, 0.5) is 4.79 Å². The maximum absolute atomic E-state index is 12.1. The van der Waals surface area contributed by atoms with Gasteiger partial charge >= 0.3 is 6.03 Å². The van der Waals surface area contributed by atoms with Gasteiger partial charge in [-0.05, 0) is 32.1 Å². The van der Waals surface area contributed by atoms with Crippen molar-refractivity contribution < 1.29 is 13.2 Å². The highest BCUT2D eigenvalue weighted by Crippen LogP contribution is 2.17. The van der Waals surface area contributed by atoms with Crippen LogP contribution in [0.25, 0.3) is 0 Å². The van der Waals surface area contributed by atoms with E-state index < -0.39 is 10.0 Å². The molecule has 1 aliphatic heterocycles. The van der Waals surface area contributed by atoms with Crippen LogP contribution >= 0.6 is 0 Å². The molecule has 1 aliphatic carbocycles. The number of carbonyl (C=O) groups is 1. The molecule has 0 spiro atoms. The monoisotopic (exact) mass is 315 g/mol. The van der Waals surface area contributed by atoms with Crippen LogP contribution in [-0.2, 0) is 10.0 Å². The maximum atomic E-state index is 12.1. The van der Waals surface area contributed by atoms with E-state index >= 15 is 0 Å². The Balaban J connectivity index is 1.74. The SMILES string of the molecule is CCS(=O)(=O)N1CCN(C(=O)NCC2CC=CCC2)CC1. The minimum atomic E-state index is -3.13. The van der Waals surface area contributed by atoms with Gasteiger partial charge in [0.15, 0.2) is 0 Å². The van der Waals surface area contributed by atoms with E-state index in [9.17, 15) is 13.2 Å². The first-order valence-electron chi connectivity index (χ1n) is 7.68. The van der Waals surface area contributed by atoms with Gasteiger partial charge in [0.1, 0.15) is 0 Å². The van der Waals surface area contributed by atoms with Crippen molar-refractivity contribution in [2.24, 2.45) is 5.92 Å². The van der Waals surface area contributed by atoms with Crippen molar-refractivity contribution >= 4 is 16.1 Å². The molecule has 1 heterocycles. The predicted octanol–water partition coefficient (Wildman–Crippen LogP) is 1.02. The summed E-state index contributed by atoms with van der Waals surface area (Å²) in [5, 5.41) is 2.97. The number of rotatable bonds is 4. The lowest BCUT2D eigenvalue weighted by atomic mass is 9.94. The summed E-state index contributed by atoms with van der Waals surface area (Å²) >= 11 is 0. The number of allylic oxidation sites excluding steroid dienone is 2. The van der Waals surface area contributed by atoms with E-state index in [0.29, 0.717) is 38.6 Å². The van der Waals surface area contributed by atoms with Crippen LogP contribution < -0.4 is 5.32 Å². The zero-order valence-corrected chi connectivity index (χ0v) is 13.4. The van der Waals surface area contributed by atoms with Gasteiger partial charge in [0.2, 0.25) is 10.0 Å². The summed E-state index contributed by atoms with van der Waals surface area (Å²) in [5.74, 6) is 0.648. The Kier molecular flexibility index (Phi) is 5.64. The standard InChI is InChI=1S/C14H25N3O3S/c1-2-21(19,20)17-10-8-16(9-11-17)14(18)15-12-13-6-4-3-5-7-13/h3-4,13H,2,5-12H2,1H3,(H,15,18). The van der Waals surface area contributed by atoms with Crippen molar-refractivity contribution in [3.05, 3.63) is 12.2 Å². The first kappa shape index (κ1) is 16.3. The Morgan fingerprint density at radius 1 is 1.24 bits per heavy atom. The van der Waals surface area contributed by atoms with E-state index in [0.717, 1.165) is 19.3 Å². The van der Waals surface area contributed by atoms with E-state index in [1.54, 1.807) is 11.8 Å². The number of hydrogen-bond donors (Lipinski definition) is 1. The summed E-state index contributed by atoms with van der Waals surface area (Å²) in [5.41, 5.74) is 0. The minimum Gasteiger partial charge on any atom is -0.338 e. The number of hydrogen-bond acceptors (Lipinski definition) is 3. The normalized spacial score (nSPS) is 24.0. The fourth-order valence-electron chi connectivity index (χ4n) is 2.74. The molecule has 1 unspecified atom stereocenters. The van der Waals surface area contributed by atoms with E-state index in [-0.39, 0.29) is 11.8 Å². The molecule has 0 aromatic rings. The molecule has 1 N–H and O–H groups in total. The zero-order valence-electron chi connectivity index (χ0n) is 12.6. The first-order valence-corrected chi connectivity index (χ1v) is 9.29. The fraction of sp³-hybridized carbons (Fsp3) is 0.786. The van der Waals surface area contributed by atoms with Crippen molar-refractivity contribution in [3.8, 4) is 0 Å². The molecule has 120 valence electrons. The average molecular weight is 315 g/mol. The van der Waals surface area contributed by atoms with E-state index in [1.165, 1.54) is 4.31 Å². The van der Waals surface area contributed by atoms with Crippen LogP contribution in [0.1, 0.15) is 26.2 Å². The van der Waals surface area contributed by atoms with Gasteiger partial charge in [0.25, 0.3) is 0 Å². The summed E-state index contributed by atoms with van der Waals surface area (Å²) in [6, 6.07) is -0.0712. The smallest absolute Gasteiger partial charge is 0.317 e. The van der Waals surface area contributed by atoms with Crippen molar-refractivity contribution in [1.29, 1.82) is 0 Å². The molecule has 2 amide bonds. The molecule has 7 heteroatoms. The van der Waals surface area contributed by atoms with Crippen molar-refractivity contribution in [2.45, 2.75) is 26.2 Å². The lowest BCUT2D eigenvalue weighted by molar-refractivity contribution is 0.170. The van der Waals surface area contributed by atoms with Gasteiger partial charge < -0.3 is 10.2 Å². The van der Waals surface area contributed by atoms with Gasteiger partial charge in [-0.3, -0.25) is 0 Å². The number of nitrogens with zero attached hydrogens (tertiary/aromatic N) is 2. The van der Waals surface area contributed by atoms with Gasteiger partial charge in [0, 0.05) is 32.7 Å². The fourth-order valence-corrected chi connectivity index (χ4v) is 3.82. The van der Waals surface area contributed by atoms with E-state index in [1.807, 2.05) is 0 Å². The van der Waals surface area contributed by atoms with Gasteiger partial charge in [0.05, 0.1) is 5.75 Å². The number of sulfonamides is 1. The molecule has 0 saturated carbocycles. The third kappa shape index (κ3) is 4.44. The molecule has 1 fully saturated rings. The molecule has 0 bridgehead atoms. The quantitative estimate of drug-likeness (QED) is 0.788. The minimum absolute atomic E-state index is 0.0712. The summed E-state index contributed by atoms with van der Waals surface area (Å²) < 4.78 is 25.0. The molecule has 1 saturated heterocycles. The molecule has 1 atom stereocenters. The molecule has 0 radical (unpaired) electrons. The molecule has 2 aliphatic rings. The third-order valence-corrected chi connectivity index (χ3v) is 6.09. The Morgan fingerprint density at radius 2 is 1.95 bits per heavy atom. The first-order chi connectivity index (χ1) is 10.0. The summed E-state index contributed by atoms with van der Waals surface area (Å²) in [4.78, 5) is 13.8. The molecular formula is C14H25N3O3S. The summed E-state index contributed by atoms with van der Waals surface area (Å²) in [7, 11) is -3.13. The van der Waals surface area contributed by atoms with Crippen LogP contribution in [0.15, 0.2) is 12.2 Å². The topological polar surface area (TPSA) is 69.7 Å². The van der Waals surface area contributed by atoms with Crippen LogP contribution in [0, 0.1) is 5.92 Å². The average Bonchev–Trinajstić information content (AvgIpc) is 2.53. The Bertz CT molecular complexity index is 482. The molecule has 21 heavy (non-hydrogen) atoms. The second-order valence-corrected chi connectivity index (χ2v) is 7.88. The number of urea groups is 1. The molecule has 6 nitrogen and oxygen atoms in total. The Labute approximate surface area is 127 Å². The zero-order chi connectivity index (χ0) is 15.3. The van der Waals surface area contributed by atoms with E-state index in [4.69, 9.17) is 0 Å². The molecule has 0 aromatic heterocycles. The number of carbonyl (C=O) groups excluding carboxylic acids is 1. The van der Waals surface area contributed by atoms with Crippen molar-refractivity contribution in [2.75, 3.05) is 38.5 Å². The molecular weight excluding hydrogens is 290 g/mol. The van der Waals surface area contributed by atoms with E-state index in [2.05, 4.69) is 17.5 Å². The summed E-state index contributed by atoms with van der Waals surface area (Å²) in [6.45, 7) is 4.08. The highest BCUT2D eigenvalue weighted by molar-refractivity contribution is 7.89. The highest BCUT2D eigenvalue weighted by atomic mass is 32.2. The second-order valence-electron chi connectivity index (χ2n) is 5.62. The Morgan fingerprint density at radius 3 is 2.52 bits per heavy atom. The molecule has 0 aromatic carbocycles. The van der Waals surface area contributed by atoms with Crippen molar-refractivity contribution in [1.82, 2.24) is 14.5 Å². The lowest BCUT2D eigenvalue weighted by Crippen LogP contribution is -2.53. The van der Waals surface area contributed by atoms with Gasteiger partial charge in [-0.2, -0.15) is 4.31 Å². The molecule has 2 rings (SSSR count). The lowest BCUT2D eigenvalue weighted by Gasteiger charge is -2.34. The van der Waals surface area contributed by atoms with Gasteiger partial charge in [-0.25, -0.2) is 13.2 Å². The highest BCUT2D eigenvalue weighted by Gasteiger charge is 2.27. The largest absolute Gasteiger partial charge is 0.338 e. The van der Waals surface area contributed by atoms with Crippen LogP contribution in [0.5, 0.6) is 0 Å². The predicted molar refractivity (Wildman–Crippen MR) is 82.5 cm³/mol. The van der Waals surface area contributed by atoms with Gasteiger partial charge in [-0.1, -0.05) is 12.2 Å². The third-order valence-electron chi connectivity index (χ3n) is 4.20. The van der Waals surface area contributed by atoms with Gasteiger partial charge in [-0.15, -0.1) is 0 Å². The van der Waals surface area contributed by atoms with Crippen LogP contribution in [0.2, 0.25) is 0 Å². The maximum Gasteiger partial charge on any atom is 0.317 e. The van der Waals surface area contributed by atoms with Crippen molar-refractivity contribution in [3.63, 3.8) is 0 Å². The number of amides is 2. The number of piperazine rings is 1. The number of nitrogens with one attached hydrogen (secondary N) is 1. The Hall–Kier alpha value is -1.08. The van der Waals surface area contributed by atoms with Crippen LogP contribution in [0.3, 0.4) is 0 Å². The second kappa shape index (κ2) is 7.26.